The number of phenols is 1. The third-order valence-corrected chi connectivity index (χ3v) is 3.63. The summed E-state index contributed by atoms with van der Waals surface area (Å²) in [4.78, 5) is 12.2. The van der Waals surface area contributed by atoms with E-state index in [1.54, 1.807) is 0 Å². The van der Waals surface area contributed by atoms with Gasteiger partial charge >= 0.3 is 0 Å². The van der Waals surface area contributed by atoms with Crippen LogP contribution in [0.25, 0.3) is 0 Å². The summed E-state index contributed by atoms with van der Waals surface area (Å²) in [7, 11) is 0. The molecule has 0 spiro atoms. The van der Waals surface area contributed by atoms with E-state index in [1.165, 1.54) is 18.2 Å². The van der Waals surface area contributed by atoms with Gasteiger partial charge in [0.05, 0.1) is 5.56 Å². The number of benzene rings is 2. The summed E-state index contributed by atoms with van der Waals surface area (Å²) in [6.45, 7) is 2.01. The maximum atomic E-state index is 12.2. The van der Waals surface area contributed by atoms with Gasteiger partial charge in [0, 0.05) is 15.2 Å². The highest BCUT2D eigenvalue weighted by atomic mass is 79.9. The summed E-state index contributed by atoms with van der Waals surface area (Å²) < 4.78 is 0.956. The van der Waals surface area contributed by atoms with Crippen molar-refractivity contribution in [2.24, 2.45) is 0 Å². The summed E-state index contributed by atoms with van der Waals surface area (Å²) in [6.07, 6.45) is 0.788. The van der Waals surface area contributed by atoms with E-state index in [1.807, 2.05) is 25.1 Å². The predicted molar refractivity (Wildman–Crippen MR) is 84.6 cm³/mol. The summed E-state index contributed by atoms with van der Waals surface area (Å²) in [5, 5.41) is 12.9. The molecule has 2 N–H and O–H groups in total. The molecular formula is C15H13BrClNO2. The molecule has 0 radical (unpaired) electrons. The number of aryl methyl sites for hydroxylation is 1. The van der Waals surface area contributed by atoms with Crippen LogP contribution in [-0.2, 0) is 6.42 Å². The average Bonchev–Trinajstić information content (AvgIpc) is 2.43. The minimum Gasteiger partial charge on any atom is -0.507 e. The lowest BCUT2D eigenvalue weighted by molar-refractivity contribution is 0.102. The van der Waals surface area contributed by atoms with Crippen LogP contribution in [0, 0.1) is 0 Å². The Kier molecular flexibility index (Phi) is 4.68. The Labute approximate surface area is 130 Å². The number of anilines is 1. The largest absolute Gasteiger partial charge is 0.507 e. The van der Waals surface area contributed by atoms with Gasteiger partial charge < -0.3 is 10.4 Å². The number of phenolic OH excluding ortho intramolecular Hbond substituents is 1. The number of halogens is 2. The Morgan fingerprint density at radius 2 is 2.05 bits per heavy atom. The van der Waals surface area contributed by atoms with E-state index in [-0.39, 0.29) is 17.2 Å². The number of aromatic hydroxyl groups is 1. The van der Waals surface area contributed by atoms with Crippen LogP contribution in [0.3, 0.4) is 0 Å². The summed E-state index contributed by atoms with van der Waals surface area (Å²) in [5.41, 5.74) is 1.89. The SMILES string of the molecule is CCc1cc(Br)ccc1NC(=O)c1cc(Cl)ccc1O. The second kappa shape index (κ2) is 6.29. The Hall–Kier alpha value is -1.52. The van der Waals surface area contributed by atoms with Crippen molar-refractivity contribution in [3.05, 3.63) is 57.0 Å². The van der Waals surface area contributed by atoms with Crippen molar-refractivity contribution in [3.63, 3.8) is 0 Å². The molecule has 0 saturated carbocycles. The third-order valence-electron chi connectivity index (χ3n) is 2.90. The molecule has 2 aromatic carbocycles. The quantitative estimate of drug-likeness (QED) is 0.845. The van der Waals surface area contributed by atoms with E-state index >= 15 is 0 Å². The van der Waals surface area contributed by atoms with Gasteiger partial charge in [-0.3, -0.25) is 4.79 Å². The zero-order valence-corrected chi connectivity index (χ0v) is 13.1. The Morgan fingerprint density at radius 3 is 2.75 bits per heavy atom. The van der Waals surface area contributed by atoms with Gasteiger partial charge in [0.15, 0.2) is 0 Å². The van der Waals surface area contributed by atoms with E-state index in [2.05, 4.69) is 21.2 Å². The van der Waals surface area contributed by atoms with Crippen LogP contribution in [-0.4, -0.2) is 11.0 Å². The molecule has 0 aromatic heterocycles. The lowest BCUT2D eigenvalue weighted by atomic mass is 10.1. The molecule has 0 saturated heterocycles. The summed E-state index contributed by atoms with van der Waals surface area (Å²) in [5.74, 6) is -0.482. The highest BCUT2D eigenvalue weighted by Crippen LogP contribution is 2.25. The van der Waals surface area contributed by atoms with Gasteiger partial charge in [-0.25, -0.2) is 0 Å². The van der Waals surface area contributed by atoms with Crippen molar-refractivity contribution >= 4 is 39.1 Å². The number of rotatable bonds is 3. The first-order valence-corrected chi connectivity index (χ1v) is 7.26. The highest BCUT2D eigenvalue weighted by Gasteiger charge is 2.13. The van der Waals surface area contributed by atoms with Crippen molar-refractivity contribution in [2.45, 2.75) is 13.3 Å². The molecule has 104 valence electrons. The van der Waals surface area contributed by atoms with Crippen molar-refractivity contribution in [1.82, 2.24) is 0 Å². The molecule has 0 atom stereocenters. The van der Waals surface area contributed by atoms with Crippen molar-refractivity contribution in [3.8, 4) is 5.75 Å². The van der Waals surface area contributed by atoms with Crippen LogP contribution in [0.1, 0.15) is 22.8 Å². The summed E-state index contributed by atoms with van der Waals surface area (Å²) >= 11 is 9.25. The van der Waals surface area contributed by atoms with E-state index in [9.17, 15) is 9.90 Å². The maximum Gasteiger partial charge on any atom is 0.259 e. The fourth-order valence-electron chi connectivity index (χ4n) is 1.86. The van der Waals surface area contributed by atoms with Gasteiger partial charge in [0.25, 0.3) is 5.91 Å². The molecule has 0 unspecified atom stereocenters. The van der Waals surface area contributed by atoms with Gasteiger partial charge in [-0.15, -0.1) is 0 Å². The van der Waals surface area contributed by atoms with Gasteiger partial charge in [-0.1, -0.05) is 34.5 Å². The van der Waals surface area contributed by atoms with Crippen molar-refractivity contribution < 1.29 is 9.90 Å². The normalized spacial score (nSPS) is 10.3. The second-order valence-corrected chi connectivity index (χ2v) is 5.62. The van der Waals surface area contributed by atoms with Gasteiger partial charge in [-0.2, -0.15) is 0 Å². The number of carbonyl (C=O) groups excluding carboxylic acids is 1. The van der Waals surface area contributed by atoms with Gasteiger partial charge in [0.1, 0.15) is 5.75 Å². The Morgan fingerprint density at radius 1 is 1.30 bits per heavy atom. The molecule has 0 bridgehead atoms. The molecule has 0 aliphatic rings. The molecular weight excluding hydrogens is 342 g/mol. The lowest BCUT2D eigenvalue weighted by Gasteiger charge is -2.11. The van der Waals surface area contributed by atoms with Crippen LogP contribution in [0.15, 0.2) is 40.9 Å². The highest BCUT2D eigenvalue weighted by molar-refractivity contribution is 9.10. The molecule has 5 heteroatoms. The summed E-state index contributed by atoms with van der Waals surface area (Å²) in [6, 6.07) is 10.0. The molecule has 0 aliphatic carbocycles. The first kappa shape index (κ1) is 14.9. The number of amides is 1. The van der Waals surface area contributed by atoms with E-state index in [0.717, 1.165) is 22.1 Å². The molecule has 2 aromatic rings. The van der Waals surface area contributed by atoms with Crippen molar-refractivity contribution in [2.75, 3.05) is 5.32 Å². The minimum absolute atomic E-state index is 0.0953. The fraction of sp³-hybridized carbons (Fsp3) is 0.133. The van der Waals surface area contributed by atoms with Crippen LogP contribution in [0.2, 0.25) is 5.02 Å². The standard InChI is InChI=1S/C15H13BrClNO2/c1-2-9-7-10(16)3-5-13(9)18-15(20)12-8-11(17)4-6-14(12)19/h3-8,19H,2H2,1H3,(H,18,20). The average molecular weight is 355 g/mol. The number of hydrogen-bond donors (Lipinski definition) is 2. The van der Waals surface area contributed by atoms with Crippen LogP contribution in [0.5, 0.6) is 5.75 Å². The Bertz CT molecular complexity index is 658. The zero-order valence-electron chi connectivity index (χ0n) is 10.8. The van der Waals surface area contributed by atoms with E-state index in [4.69, 9.17) is 11.6 Å². The van der Waals surface area contributed by atoms with Crippen LogP contribution in [0.4, 0.5) is 5.69 Å². The first-order valence-electron chi connectivity index (χ1n) is 6.09. The molecule has 0 heterocycles. The van der Waals surface area contributed by atoms with Crippen molar-refractivity contribution in [1.29, 1.82) is 0 Å². The maximum absolute atomic E-state index is 12.2. The molecule has 3 nitrogen and oxygen atoms in total. The molecule has 20 heavy (non-hydrogen) atoms. The smallest absolute Gasteiger partial charge is 0.259 e. The second-order valence-electron chi connectivity index (χ2n) is 4.27. The van der Waals surface area contributed by atoms with Gasteiger partial charge in [-0.05, 0) is 48.4 Å². The molecule has 2 rings (SSSR count). The Balaban J connectivity index is 2.30. The van der Waals surface area contributed by atoms with Gasteiger partial charge in [0.2, 0.25) is 0 Å². The van der Waals surface area contributed by atoms with E-state index < -0.39 is 0 Å². The number of carbonyl (C=O) groups is 1. The number of hydrogen-bond acceptors (Lipinski definition) is 2. The molecule has 0 aliphatic heterocycles. The molecule has 1 amide bonds. The van der Waals surface area contributed by atoms with Crippen LogP contribution >= 0.6 is 27.5 Å². The predicted octanol–water partition coefficient (Wildman–Crippen LogP) is 4.62. The number of nitrogens with one attached hydrogen (secondary N) is 1. The third kappa shape index (κ3) is 3.32. The monoisotopic (exact) mass is 353 g/mol. The topological polar surface area (TPSA) is 49.3 Å². The molecule has 0 fully saturated rings. The lowest BCUT2D eigenvalue weighted by Crippen LogP contribution is -2.13. The zero-order chi connectivity index (χ0) is 14.7. The first-order chi connectivity index (χ1) is 9.51. The van der Waals surface area contributed by atoms with E-state index in [0.29, 0.717) is 5.02 Å². The minimum atomic E-state index is -0.387. The fourth-order valence-corrected chi connectivity index (χ4v) is 2.44. The van der Waals surface area contributed by atoms with Crippen LogP contribution < -0.4 is 5.32 Å².